The zero-order valence-electron chi connectivity index (χ0n) is 12.6. The fraction of sp³-hybridized carbons (Fsp3) is 0.647. The third-order valence-electron chi connectivity index (χ3n) is 4.42. The van der Waals surface area contributed by atoms with Crippen LogP contribution in [0.4, 0.5) is 0 Å². The molecular formula is C17H27NO. The van der Waals surface area contributed by atoms with E-state index in [9.17, 15) is 5.11 Å². The van der Waals surface area contributed by atoms with Gasteiger partial charge in [-0.1, -0.05) is 52.0 Å². The van der Waals surface area contributed by atoms with Gasteiger partial charge in [-0.15, -0.1) is 0 Å². The highest BCUT2D eigenvalue weighted by Gasteiger charge is 2.39. The van der Waals surface area contributed by atoms with Crippen LogP contribution in [-0.2, 0) is 6.42 Å². The van der Waals surface area contributed by atoms with Crippen LogP contribution in [0.15, 0.2) is 24.3 Å². The van der Waals surface area contributed by atoms with Crippen molar-refractivity contribution in [3.63, 3.8) is 0 Å². The lowest BCUT2D eigenvalue weighted by Crippen LogP contribution is -2.41. The van der Waals surface area contributed by atoms with Gasteiger partial charge >= 0.3 is 0 Å². The highest BCUT2D eigenvalue weighted by molar-refractivity contribution is 5.37. The third kappa shape index (κ3) is 3.01. The summed E-state index contributed by atoms with van der Waals surface area (Å²) in [6.07, 6.45) is 1.96. The van der Waals surface area contributed by atoms with Gasteiger partial charge in [0.05, 0.1) is 0 Å². The summed E-state index contributed by atoms with van der Waals surface area (Å²) in [6, 6.07) is 9.52. The first-order chi connectivity index (χ1) is 8.95. The monoisotopic (exact) mass is 261 g/mol. The lowest BCUT2D eigenvalue weighted by atomic mass is 9.84. The number of benzene rings is 1. The molecule has 19 heavy (non-hydrogen) atoms. The maximum atomic E-state index is 9.24. The number of fused-ring (bicyclic) bond motifs is 1. The predicted molar refractivity (Wildman–Crippen MR) is 80.1 cm³/mol. The minimum atomic E-state index is 0.242. The summed E-state index contributed by atoms with van der Waals surface area (Å²) in [5.74, 6) is 0.538. The Morgan fingerprint density at radius 2 is 2.00 bits per heavy atom. The van der Waals surface area contributed by atoms with Gasteiger partial charge in [-0.2, -0.15) is 0 Å². The third-order valence-corrected chi connectivity index (χ3v) is 4.42. The van der Waals surface area contributed by atoms with Crippen LogP contribution in [0.1, 0.15) is 51.3 Å². The van der Waals surface area contributed by atoms with Crippen LogP contribution < -0.4 is 5.32 Å². The molecule has 1 aliphatic rings. The molecule has 2 heteroatoms. The number of hydrogen-bond acceptors (Lipinski definition) is 2. The zero-order valence-corrected chi connectivity index (χ0v) is 12.6. The first kappa shape index (κ1) is 14.5. The van der Waals surface area contributed by atoms with Gasteiger partial charge in [0.15, 0.2) is 0 Å². The number of aliphatic hydroxyl groups is 1. The minimum absolute atomic E-state index is 0.242. The normalized spacial score (nSPS) is 22.5. The van der Waals surface area contributed by atoms with Crippen molar-refractivity contribution in [1.29, 1.82) is 0 Å². The molecule has 0 fully saturated rings. The Bertz CT molecular complexity index is 425. The van der Waals surface area contributed by atoms with Crippen molar-refractivity contribution >= 4 is 0 Å². The molecule has 2 unspecified atom stereocenters. The number of rotatable bonds is 5. The van der Waals surface area contributed by atoms with E-state index >= 15 is 0 Å². The van der Waals surface area contributed by atoms with Crippen molar-refractivity contribution in [1.82, 2.24) is 5.32 Å². The molecule has 106 valence electrons. The molecule has 0 radical (unpaired) electrons. The maximum Gasteiger partial charge on any atom is 0.0445 e. The van der Waals surface area contributed by atoms with E-state index < -0.39 is 0 Å². The largest absolute Gasteiger partial charge is 0.396 e. The molecule has 0 aromatic heterocycles. The number of aliphatic hydroxyl groups excluding tert-OH is 1. The minimum Gasteiger partial charge on any atom is -0.396 e. The number of nitrogens with one attached hydrogen (secondary N) is 1. The van der Waals surface area contributed by atoms with Crippen molar-refractivity contribution in [2.24, 2.45) is 11.3 Å². The Morgan fingerprint density at radius 3 is 2.63 bits per heavy atom. The van der Waals surface area contributed by atoms with Crippen LogP contribution in [0.3, 0.4) is 0 Å². The molecule has 0 amide bonds. The van der Waals surface area contributed by atoms with Gasteiger partial charge < -0.3 is 10.4 Å². The molecule has 1 aromatic rings. The Hall–Kier alpha value is -0.860. The first-order valence-electron chi connectivity index (χ1n) is 7.40. The molecule has 2 N–H and O–H groups in total. The second-order valence-corrected chi connectivity index (χ2v) is 6.83. The summed E-state index contributed by atoms with van der Waals surface area (Å²) in [6.45, 7) is 9.37. The van der Waals surface area contributed by atoms with E-state index in [2.05, 4.69) is 57.3 Å². The van der Waals surface area contributed by atoms with E-state index in [4.69, 9.17) is 0 Å². The molecular weight excluding hydrogens is 234 g/mol. The maximum absolute atomic E-state index is 9.24. The Balaban J connectivity index is 2.22. The van der Waals surface area contributed by atoms with Crippen molar-refractivity contribution in [2.45, 2.75) is 52.6 Å². The topological polar surface area (TPSA) is 32.3 Å². The van der Waals surface area contributed by atoms with Gasteiger partial charge in [-0.3, -0.25) is 0 Å². The standard InChI is InChI=1S/C17H27NO/c1-12(2)15(9-10-19)18-16-14-8-6-5-7-13(14)11-17(16,3)4/h5-8,12,15-16,18-19H,9-11H2,1-4H3. The van der Waals surface area contributed by atoms with E-state index in [0.29, 0.717) is 18.0 Å². The van der Waals surface area contributed by atoms with E-state index in [0.717, 1.165) is 12.8 Å². The Labute approximate surface area is 117 Å². The second kappa shape index (κ2) is 5.64. The van der Waals surface area contributed by atoms with E-state index in [-0.39, 0.29) is 12.0 Å². The van der Waals surface area contributed by atoms with Crippen molar-refractivity contribution in [3.05, 3.63) is 35.4 Å². The Morgan fingerprint density at radius 1 is 1.32 bits per heavy atom. The highest BCUT2D eigenvalue weighted by atomic mass is 16.3. The molecule has 0 aliphatic heterocycles. The summed E-state index contributed by atoms with van der Waals surface area (Å²) >= 11 is 0. The average Bonchev–Trinajstić information content (AvgIpc) is 2.59. The number of hydrogen-bond donors (Lipinski definition) is 2. The average molecular weight is 261 g/mol. The fourth-order valence-corrected chi connectivity index (χ4v) is 3.27. The highest BCUT2D eigenvalue weighted by Crippen LogP contribution is 2.45. The summed E-state index contributed by atoms with van der Waals surface area (Å²) < 4.78 is 0. The molecule has 2 nitrogen and oxygen atoms in total. The molecule has 0 saturated carbocycles. The SMILES string of the molecule is CC(C)C(CCO)NC1c2ccccc2CC1(C)C. The smallest absolute Gasteiger partial charge is 0.0445 e. The van der Waals surface area contributed by atoms with E-state index in [1.807, 2.05) is 0 Å². The predicted octanol–water partition coefficient (Wildman–Crippen LogP) is 3.31. The van der Waals surface area contributed by atoms with Crippen LogP contribution in [0.2, 0.25) is 0 Å². The van der Waals surface area contributed by atoms with Crippen molar-refractivity contribution in [3.8, 4) is 0 Å². The molecule has 0 spiro atoms. The summed E-state index contributed by atoms with van der Waals surface area (Å²) in [5, 5.41) is 13.0. The van der Waals surface area contributed by atoms with Gasteiger partial charge in [-0.05, 0) is 35.3 Å². The molecule has 1 aromatic carbocycles. The van der Waals surface area contributed by atoms with Crippen LogP contribution in [0.25, 0.3) is 0 Å². The molecule has 0 heterocycles. The molecule has 1 aliphatic carbocycles. The summed E-state index contributed by atoms with van der Waals surface area (Å²) in [7, 11) is 0. The second-order valence-electron chi connectivity index (χ2n) is 6.83. The first-order valence-corrected chi connectivity index (χ1v) is 7.40. The summed E-state index contributed by atoms with van der Waals surface area (Å²) in [5.41, 5.74) is 3.15. The van der Waals surface area contributed by atoms with Crippen LogP contribution in [0.5, 0.6) is 0 Å². The van der Waals surface area contributed by atoms with Crippen molar-refractivity contribution < 1.29 is 5.11 Å². The lowest BCUT2D eigenvalue weighted by Gasteiger charge is -2.34. The molecule has 2 atom stereocenters. The zero-order chi connectivity index (χ0) is 14.0. The molecule has 2 rings (SSSR count). The Kier molecular flexibility index (Phi) is 4.32. The van der Waals surface area contributed by atoms with Gasteiger partial charge in [-0.25, -0.2) is 0 Å². The van der Waals surface area contributed by atoms with Gasteiger partial charge in [0, 0.05) is 18.7 Å². The quantitative estimate of drug-likeness (QED) is 0.852. The van der Waals surface area contributed by atoms with Crippen LogP contribution in [0, 0.1) is 11.3 Å². The van der Waals surface area contributed by atoms with Crippen molar-refractivity contribution in [2.75, 3.05) is 6.61 Å². The molecule has 0 saturated heterocycles. The fourth-order valence-electron chi connectivity index (χ4n) is 3.27. The van der Waals surface area contributed by atoms with Crippen LogP contribution in [-0.4, -0.2) is 17.8 Å². The van der Waals surface area contributed by atoms with Gasteiger partial charge in [0.2, 0.25) is 0 Å². The van der Waals surface area contributed by atoms with Gasteiger partial charge in [0.25, 0.3) is 0 Å². The summed E-state index contributed by atoms with van der Waals surface area (Å²) in [4.78, 5) is 0. The van der Waals surface area contributed by atoms with E-state index in [1.54, 1.807) is 0 Å². The molecule has 0 bridgehead atoms. The van der Waals surface area contributed by atoms with Crippen LogP contribution >= 0.6 is 0 Å². The van der Waals surface area contributed by atoms with Gasteiger partial charge in [0.1, 0.15) is 0 Å². The lowest BCUT2D eigenvalue weighted by molar-refractivity contribution is 0.193. The van der Waals surface area contributed by atoms with E-state index in [1.165, 1.54) is 11.1 Å².